The van der Waals surface area contributed by atoms with Crippen LogP contribution in [0, 0.1) is 0 Å². The van der Waals surface area contributed by atoms with Crippen molar-refractivity contribution >= 4 is 46.2 Å². The lowest BCUT2D eigenvalue weighted by Gasteiger charge is -2.27. The van der Waals surface area contributed by atoms with Gasteiger partial charge in [-0.2, -0.15) is 0 Å². The fraction of sp³-hybridized carbons (Fsp3) is 0.0667. The number of ether oxygens (including phenoxy) is 2. The van der Waals surface area contributed by atoms with Gasteiger partial charge in [0.1, 0.15) is 0 Å². The molecule has 0 atom stereocenters. The molecule has 5 nitrogen and oxygen atoms in total. The normalized spacial score (nSPS) is 11.4. The third-order valence-electron chi connectivity index (χ3n) is 5.71. The van der Waals surface area contributed by atoms with Crippen LogP contribution in [0.3, 0.4) is 0 Å². The number of methoxy groups -OCH3 is 2. The highest BCUT2D eigenvalue weighted by molar-refractivity contribution is 7.87. The summed E-state index contributed by atoms with van der Waals surface area (Å²) in [5, 5.41) is 3.19. The molecule has 0 heterocycles. The Morgan fingerprint density at radius 3 is 1.53 bits per heavy atom. The maximum absolute atomic E-state index is 12.8. The van der Waals surface area contributed by atoms with Gasteiger partial charge in [-0.1, -0.05) is 109 Å². The highest BCUT2D eigenvalue weighted by Gasteiger charge is 2.28. The SMILES string of the molecule is COC(=O)C=C(C(=O)OC)c1ccccc1N=P(c1ccccc1)(c1ccccc1)c1ccccc1. The van der Waals surface area contributed by atoms with E-state index in [1.165, 1.54) is 14.2 Å². The third kappa shape index (κ3) is 5.07. The molecular formula is C30H26NO4P. The van der Waals surface area contributed by atoms with Crippen LogP contribution in [0.4, 0.5) is 5.69 Å². The first-order valence-electron chi connectivity index (χ1n) is 11.4. The zero-order valence-corrected chi connectivity index (χ0v) is 21.0. The lowest BCUT2D eigenvalue weighted by molar-refractivity contribution is -0.136. The fourth-order valence-electron chi connectivity index (χ4n) is 4.04. The maximum atomic E-state index is 12.8. The van der Waals surface area contributed by atoms with Gasteiger partial charge in [-0.25, -0.2) is 9.59 Å². The van der Waals surface area contributed by atoms with Gasteiger partial charge in [0.2, 0.25) is 0 Å². The van der Waals surface area contributed by atoms with Crippen LogP contribution in [0.2, 0.25) is 0 Å². The Bertz CT molecular complexity index is 1330. The van der Waals surface area contributed by atoms with Gasteiger partial charge in [0.05, 0.1) is 32.5 Å². The molecule has 0 aliphatic heterocycles. The second-order valence-electron chi connectivity index (χ2n) is 7.83. The van der Waals surface area contributed by atoms with Crippen LogP contribution < -0.4 is 15.9 Å². The van der Waals surface area contributed by atoms with E-state index in [4.69, 9.17) is 14.2 Å². The van der Waals surface area contributed by atoms with Crippen molar-refractivity contribution < 1.29 is 19.1 Å². The monoisotopic (exact) mass is 495 g/mol. The Hall–Kier alpha value is -4.21. The molecule has 0 unspecified atom stereocenters. The number of hydrogen-bond donors (Lipinski definition) is 0. The van der Waals surface area contributed by atoms with E-state index >= 15 is 0 Å². The lowest BCUT2D eigenvalue weighted by atomic mass is 10.0. The molecule has 6 heteroatoms. The van der Waals surface area contributed by atoms with E-state index in [2.05, 4.69) is 36.4 Å². The Morgan fingerprint density at radius 1 is 0.639 bits per heavy atom. The number of hydrogen-bond acceptors (Lipinski definition) is 5. The molecule has 0 saturated heterocycles. The minimum Gasteiger partial charge on any atom is -0.466 e. The third-order valence-corrected chi connectivity index (χ3v) is 9.36. The summed E-state index contributed by atoms with van der Waals surface area (Å²) < 4.78 is 15.3. The van der Waals surface area contributed by atoms with Crippen molar-refractivity contribution in [2.24, 2.45) is 4.74 Å². The van der Waals surface area contributed by atoms with E-state index in [-0.39, 0.29) is 5.57 Å². The number of carbonyl (C=O) groups is 2. The standard InChI is InChI=1S/C30H26NO4P/c1-34-29(32)22-27(30(33)35-2)26-20-12-13-21-28(26)31-36(23-14-6-3-7-15-23,24-16-8-4-9-17-24)25-18-10-5-11-19-25/h3-22H,1-2H3. The topological polar surface area (TPSA) is 65.0 Å². The van der Waals surface area contributed by atoms with E-state index in [9.17, 15) is 9.59 Å². The molecule has 36 heavy (non-hydrogen) atoms. The fourth-order valence-corrected chi connectivity index (χ4v) is 7.58. The van der Waals surface area contributed by atoms with Crippen molar-refractivity contribution in [3.05, 3.63) is 127 Å². The number of esters is 2. The van der Waals surface area contributed by atoms with Crippen LogP contribution in [0.25, 0.3) is 5.57 Å². The lowest BCUT2D eigenvalue weighted by Crippen LogP contribution is -2.25. The molecule has 0 spiro atoms. The van der Waals surface area contributed by atoms with Gasteiger partial charge in [-0.3, -0.25) is 4.74 Å². The van der Waals surface area contributed by atoms with E-state index in [0.29, 0.717) is 11.3 Å². The van der Waals surface area contributed by atoms with Crippen molar-refractivity contribution in [1.82, 2.24) is 0 Å². The molecular weight excluding hydrogens is 469 g/mol. The summed E-state index contributed by atoms with van der Waals surface area (Å²) in [7, 11) is -0.0473. The van der Waals surface area contributed by atoms with Gasteiger partial charge < -0.3 is 9.47 Å². The van der Waals surface area contributed by atoms with E-state index < -0.39 is 19.0 Å². The predicted molar refractivity (Wildman–Crippen MR) is 146 cm³/mol. The van der Waals surface area contributed by atoms with Crippen LogP contribution >= 0.6 is 7.05 Å². The molecule has 0 saturated carbocycles. The number of carbonyl (C=O) groups excluding carboxylic acids is 2. The van der Waals surface area contributed by atoms with Crippen molar-refractivity contribution in [3.8, 4) is 0 Å². The molecule has 0 radical (unpaired) electrons. The minimum atomic E-state index is -2.59. The number of rotatable bonds is 7. The highest BCUT2D eigenvalue weighted by Crippen LogP contribution is 2.50. The maximum Gasteiger partial charge on any atom is 0.338 e. The molecule has 0 aliphatic rings. The van der Waals surface area contributed by atoms with Gasteiger partial charge >= 0.3 is 11.9 Å². The van der Waals surface area contributed by atoms with Crippen molar-refractivity contribution in [2.75, 3.05) is 14.2 Å². The van der Waals surface area contributed by atoms with Crippen molar-refractivity contribution in [1.29, 1.82) is 0 Å². The first-order valence-corrected chi connectivity index (χ1v) is 13.1. The van der Waals surface area contributed by atoms with Crippen LogP contribution in [-0.4, -0.2) is 26.2 Å². The molecule has 0 aliphatic carbocycles. The molecule has 180 valence electrons. The summed E-state index contributed by atoms with van der Waals surface area (Å²) >= 11 is 0. The van der Waals surface area contributed by atoms with Crippen molar-refractivity contribution in [2.45, 2.75) is 0 Å². The Morgan fingerprint density at radius 2 is 1.08 bits per heavy atom. The Labute approximate surface area is 211 Å². The summed E-state index contributed by atoms with van der Waals surface area (Å²) in [4.78, 5) is 24.9. The van der Waals surface area contributed by atoms with Crippen LogP contribution in [0.15, 0.2) is 126 Å². The number of nitrogens with zero attached hydrogens (tertiary/aromatic N) is 1. The van der Waals surface area contributed by atoms with Gasteiger partial charge in [-0.15, -0.1) is 0 Å². The summed E-state index contributed by atoms with van der Waals surface area (Å²) in [6.45, 7) is 0. The molecule has 0 fully saturated rings. The largest absolute Gasteiger partial charge is 0.466 e. The Balaban J connectivity index is 2.13. The molecule has 0 aromatic heterocycles. The molecule has 0 amide bonds. The smallest absolute Gasteiger partial charge is 0.338 e. The summed E-state index contributed by atoms with van der Waals surface area (Å²) in [5.41, 5.74) is 1.14. The van der Waals surface area contributed by atoms with Gasteiger partial charge in [0, 0.05) is 27.6 Å². The van der Waals surface area contributed by atoms with Gasteiger partial charge in [0.15, 0.2) is 0 Å². The first kappa shape index (κ1) is 24.9. The van der Waals surface area contributed by atoms with Crippen LogP contribution in [0.5, 0.6) is 0 Å². The highest BCUT2D eigenvalue weighted by atomic mass is 31.2. The average molecular weight is 496 g/mol. The van der Waals surface area contributed by atoms with Crippen molar-refractivity contribution in [3.63, 3.8) is 0 Å². The zero-order valence-electron chi connectivity index (χ0n) is 20.1. The van der Waals surface area contributed by atoms with E-state index in [1.54, 1.807) is 12.1 Å². The average Bonchev–Trinajstić information content (AvgIpc) is 2.95. The molecule has 0 bridgehead atoms. The number of benzene rings is 4. The van der Waals surface area contributed by atoms with Crippen LogP contribution in [0.1, 0.15) is 5.56 Å². The summed E-state index contributed by atoms with van der Waals surface area (Å²) in [6, 6.07) is 37.8. The van der Waals surface area contributed by atoms with Gasteiger partial charge in [0.25, 0.3) is 0 Å². The first-order chi connectivity index (χ1) is 17.6. The second-order valence-corrected chi connectivity index (χ2v) is 10.9. The van der Waals surface area contributed by atoms with E-state index in [1.807, 2.05) is 66.7 Å². The van der Waals surface area contributed by atoms with Gasteiger partial charge in [-0.05, 0) is 6.07 Å². The van der Waals surface area contributed by atoms with Crippen LogP contribution in [-0.2, 0) is 19.1 Å². The quantitative estimate of drug-likeness (QED) is 0.200. The zero-order chi connectivity index (χ0) is 25.4. The van der Waals surface area contributed by atoms with E-state index in [0.717, 1.165) is 22.0 Å². The summed E-state index contributed by atoms with van der Waals surface area (Å²) in [5.74, 6) is -1.30. The molecule has 4 rings (SSSR count). The molecule has 4 aromatic carbocycles. The molecule has 4 aromatic rings. The second kappa shape index (κ2) is 11.5. The molecule has 0 N–H and O–H groups in total. The summed E-state index contributed by atoms with van der Waals surface area (Å²) in [6.07, 6.45) is 1.15. The Kier molecular flexibility index (Phi) is 7.94. The predicted octanol–water partition coefficient (Wildman–Crippen LogP) is 5.23. The minimum absolute atomic E-state index is 0.0796.